The van der Waals surface area contributed by atoms with Crippen LogP contribution < -0.4 is 10.8 Å². The van der Waals surface area contributed by atoms with E-state index < -0.39 is 6.04 Å². The van der Waals surface area contributed by atoms with E-state index in [0.29, 0.717) is 12.8 Å². The highest BCUT2D eigenvalue weighted by Crippen LogP contribution is 2.06. The monoisotopic (exact) mass is 186 g/mol. The van der Waals surface area contributed by atoms with Crippen molar-refractivity contribution in [1.82, 2.24) is 10.8 Å². The van der Waals surface area contributed by atoms with E-state index in [1.54, 1.807) is 0 Å². The molecular weight excluding hydrogens is 172 g/mol. The fourth-order valence-corrected chi connectivity index (χ4v) is 1.06. The first kappa shape index (κ1) is 9.98. The number of hydroxylamine groups is 1. The molecule has 1 atom stereocenters. The number of rotatable bonds is 3. The van der Waals surface area contributed by atoms with Gasteiger partial charge in [-0.05, 0) is 20.3 Å². The molecule has 5 nitrogen and oxygen atoms in total. The fraction of sp³-hybridized carbons (Fsp3) is 0.750. The molecule has 0 radical (unpaired) electrons. The van der Waals surface area contributed by atoms with Crippen LogP contribution in [0.25, 0.3) is 0 Å². The molecule has 0 spiro atoms. The maximum Gasteiger partial charge on any atom is 0.266 e. The molecule has 1 aliphatic rings. The Hall–Kier alpha value is -1.10. The first-order valence-corrected chi connectivity index (χ1v) is 4.34. The third-order valence-corrected chi connectivity index (χ3v) is 1.71. The van der Waals surface area contributed by atoms with Gasteiger partial charge in [-0.1, -0.05) is 0 Å². The summed E-state index contributed by atoms with van der Waals surface area (Å²) in [6.07, 6.45) is 0.910. The van der Waals surface area contributed by atoms with E-state index in [9.17, 15) is 9.59 Å². The molecule has 1 aliphatic heterocycles. The van der Waals surface area contributed by atoms with Crippen LogP contribution in [0.1, 0.15) is 26.7 Å². The van der Waals surface area contributed by atoms with Crippen molar-refractivity contribution in [2.24, 2.45) is 0 Å². The molecule has 1 heterocycles. The zero-order chi connectivity index (χ0) is 9.84. The fourth-order valence-electron chi connectivity index (χ4n) is 1.06. The van der Waals surface area contributed by atoms with Crippen molar-refractivity contribution in [3.63, 3.8) is 0 Å². The van der Waals surface area contributed by atoms with Crippen molar-refractivity contribution < 1.29 is 14.4 Å². The second kappa shape index (κ2) is 4.23. The molecule has 2 N–H and O–H groups in total. The van der Waals surface area contributed by atoms with Gasteiger partial charge < -0.3 is 5.32 Å². The van der Waals surface area contributed by atoms with Gasteiger partial charge >= 0.3 is 0 Å². The van der Waals surface area contributed by atoms with Crippen LogP contribution in [0, 0.1) is 0 Å². The van der Waals surface area contributed by atoms with Crippen molar-refractivity contribution in [3.05, 3.63) is 0 Å². The Morgan fingerprint density at radius 2 is 2.38 bits per heavy atom. The predicted octanol–water partition coefficient (Wildman–Crippen LogP) is -0.279. The Morgan fingerprint density at radius 3 is 2.85 bits per heavy atom. The van der Waals surface area contributed by atoms with Crippen LogP contribution in [0.15, 0.2) is 0 Å². The molecule has 74 valence electrons. The minimum Gasteiger partial charge on any atom is -0.344 e. The van der Waals surface area contributed by atoms with Crippen LogP contribution in [-0.4, -0.2) is 24.0 Å². The number of hydrogen-bond acceptors (Lipinski definition) is 3. The van der Waals surface area contributed by atoms with Gasteiger partial charge in [0.05, 0.1) is 6.10 Å². The molecule has 1 saturated heterocycles. The number of carbonyl (C=O) groups excluding carboxylic acids is 2. The summed E-state index contributed by atoms with van der Waals surface area (Å²) in [6.45, 7) is 3.63. The van der Waals surface area contributed by atoms with Crippen molar-refractivity contribution >= 4 is 11.8 Å². The van der Waals surface area contributed by atoms with Crippen molar-refractivity contribution in [1.29, 1.82) is 0 Å². The number of nitrogens with one attached hydrogen (secondary N) is 2. The lowest BCUT2D eigenvalue weighted by molar-refractivity contribution is -0.139. The van der Waals surface area contributed by atoms with E-state index in [4.69, 9.17) is 4.84 Å². The smallest absolute Gasteiger partial charge is 0.266 e. The van der Waals surface area contributed by atoms with E-state index in [2.05, 4.69) is 10.8 Å². The number of hydrogen-bond donors (Lipinski definition) is 2. The minimum absolute atomic E-state index is 0.0546. The summed E-state index contributed by atoms with van der Waals surface area (Å²) in [4.78, 5) is 26.9. The van der Waals surface area contributed by atoms with Gasteiger partial charge in [0, 0.05) is 6.42 Å². The first-order chi connectivity index (χ1) is 6.09. The Morgan fingerprint density at radius 1 is 1.69 bits per heavy atom. The van der Waals surface area contributed by atoms with Gasteiger partial charge in [-0.25, -0.2) is 5.48 Å². The predicted molar refractivity (Wildman–Crippen MR) is 45.5 cm³/mol. The van der Waals surface area contributed by atoms with Crippen LogP contribution in [0.4, 0.5) is 0 Å². The van der Waals surface area contributed by atoms with Crippen LogP contribution in [0.2, 0.25) is 0 Å². The van der Waals surface area contributed by atoms with E-state index in [1.807, 2.05) is 13.8 Å². The SMILES string of the molecule is CC(C)ONC(=O)C1CCC(=O)N1. The summed E-state index contributed by atoms with van der Waals surface area (Å²) in [6, 6.07) is -0.425. The Bertz CT molecular complexity index is 215. The molecule has 1 unspecified atom stereocenters. The Kier molecular flexibility index (Phi) is 3.25. The highest BCUT2D eigenvalue weighted by atomic mass is 16.7. The van der Waals surface area contributed by atoms with Crippen molar-refractivity contribution in [2.75, 3.05) is 0 Å². The topological polar surface area (TPSA) is 67.4 Å². The molecule has 0 bridgehead atoms. The maximum absolute atomic E-state index is 11.2. The first-order valence-electron chi connectivity index (χ1n) is 4.34. The zero-order valence-electron chi connectivity index (χ0n) is 7.79. The molecule has 0 saturated carbocycles. The van der Waals surface area contributed by atoms with Crippen LogP contribution in [-0.2, 0) is 14.4 Å². The normalized spacial score (nSPS) is 21.8. The lowest BCUT2D eigenvalue weighted by atomic mass is 10.2. The molecule has 0 aromatic rings. The van der Waals surface area contributed by atoms with Gasteiger partial charge in [0.2, 0.25) is 5.91 Å². The van der Waals surface area contributed by atoms with Gasteiger partial charge in [-0.3, -0.25) is 14.4 Å². The summed E-state index contributed by atoms with van der Waals surface area (Å²) in [5.41, 5.74) is 2.29. The summed E-state index contributed by atoms with van der Waals surface area (Å²) in [5.74, 6) is -0.357. The molecule has 0 aromatic heterocycles. The van der Waals surface area contributed by atoms with Crippen LogP contribution in [0.3, 0.4) is 0 Å². The molecular formula is C8H14N2O3. The average Bonchev–Trinajstić information content (AvgIpc) is 2.47. The second-order valence-electron chi connectivity index (χ2n) is 3.29. The number of carbonyl (C=O) groups is 2. The average molecular weight is 186 g/mol. The highest BCUT2D eigenvalue weighted by Gasteiger charge is 2.27. The summed E-state index contributed by atoms with van der Waals surface area (Å²) in [7, 11) is 0. The molecule has 0 aliphatic carbocycles. The molecule has 5 heteroatoms. The third kappa shape index (κ3) is 3.02. The Balaban J connectivity index is 2.27. The van der Waals surface area contributed by atoms with Crippen molar-refractivity contribution in [2.45, 2.75) is 38.8 Å². The van der Waals surface area contributed by atoms with Gasteiger partial charge in [0.1, 0.15) is 6.04 Å². The summed E-state index contributed by atoms with van der Waals surface area (Å²) >= 11 is 0. The maximum atomic E-state index is 11.2. The molecule has 2 amide bonds. The number of amides is 2. The second-order valence-corrected chi connectivity index (χ2v) is 3.29. The standard InChI is InChI=1S/C8H14N2O3/c1-5(2)13-10-8(12)6-3-4-7(11)9-6/h5-6H,3-4H2,1-2H3,(H,9,11)(H,10,12). The molecule has 0 aromatic carbocycles. The van der Waals surface area contributed by atoms with Gasteiger partial charge in [-0.15, -0.1) is 0 Å². The van der Waals surface area contributed by atoms with E-state index in [1.165, 1.54) is 0 Å². The summed E-state index contributed by atoms with van der Waals surface area (Å²) < 4.78 is 0. The largest absolute Gasteiger partial charge is 0.344 e. The van der Waals surface area contributed by atoms with E-state index >= 15 is 0 Å². The lowest BCUT2D eigenvalue weighted by Crippen LogP contribution is -2.42. The molecule has 13 heavy (non-hydrogen) atoms. The molecule has 1 rings (SSSR count). The van der Waals surface area contributed by atoms with Gasteiger partial charge in [-0.2, -0.15) is 0 Å². The highest BCUT2D eigenvalue weighted by molar-refractivity contribution is 5.90. The van der Waals surface area contributed by atoms with E-state index in [0.717, 1.165) is 0 Å². The van der Waals surface area contributed by atoms with Crippen LogP contribution in [0.5, 0.6) is 0 Å². The molecule has 1 fully saturated rings. The summed E-state index contributed by atoms with van der Waals surface area (Å²) in [5, 5.41) is 2.55. The quantitative estimate of drug-likeness (QED) is 0.596. The van der Waals surface area contributed by atoms with Crippen molar-refractivity contribution in [3.8, 4) is 0 Å². The van der Waals surface area contributed by atoms with Crippen LogP contribution >= 0.6 is 0 Å². The minimum atomic E-state index is -0.425. The Labute approximate surface area is 76.8 Å². The zero-order valence-corrected chi connectivity index (χ0v) is 7.79. The van der Waals surface area contributed by atoms with Gasteiger partial charge in [0.25, 0.3) is 5.91 Å². The lowest BCUT2D eigenvalue weighted by Gasteiger charge is -2.12. The van der Waals surface area contributed by atoms with E-state index in [-0.39, 0.29) is 17.9 Å². The van der Waals surface area contributed by atoms with Gasteiger partial charge in [0.15, 0.2) is 0 Å². The third-order valence-electron chi connectivity index (χ3n) is 1.71.